The van der Waals surface area contributed by atoms with Gasteiger partial charge in [0.25, 0.3) is 0 Å². The van der Waals surface area contributed by atoms with Crippen molar-refractivity contribution in [3.05, 3.63) is 145 Å². The molecule has 3 nitrogen and oxygen atoms in total. The molecule has 1 heterocycles. The van der Waals surface area contributed by atoms with Gasteiger partial charge in [-0.25, -0.2) is 15.0 Å². The van der Waals surface area contributed by atoms with E-state index in [2.05, 4.69) is 55.6 Å². The van der Waals surface area contributed by atoms with Gasteiger partial charge in [-0.15, -0.1) is 0 Å². The van der Waals surface area contributed by atoms with Crippen LogP contribution in [0.1, 0.15) is 5.82 Å². The van der Waals surface area contributed by atoms with Crippen molar-refractivity contribution in [3.8, 4) is 45.0 Å². The molecule has 0 N–H and O–H groups in total. The molecule has 0 atom stereocenters. The predicted octanol–water partition coefficient (Wildman–Crippen LogP) is 8.95. The zero-order valence-corrected chi connectivity index (χ0v) is 20.9. The first-order valence-electron chi connectivity index (χ1n) is 11.9. The Morgan fingerprint density at radius 3 is 1.68 bits per heavy atom. The molecule has 5 aromatic rings. The highest BCUT2D eigenvalue weighted by atomic mass is 35.5. The maximum atomic E-state index is 6.23. The Bertz CT molecular complexity index is 1620. The van der Waals surface area contributed by atoms with Crippen LogP contribution in [0.25, 0.3) is 50.6 Å². The van der Waals surface area contributed by atoms with Gasteiger partial charge in [-0.1, -0.05) is 122 Å². The van der Waals surface area contributed by atoms with Crippen LogP contribution in [-0.4, -0.2) is 15.0 Å². The van der Waals surface area contributed by atoms with Crippen LogP contribution in [0.2, 0.25) is 5.02 Å². The minimum absolute atomic E-state index is 0.548. The largest absolute Gasteiger partial charge is 0.208 e. The van der Waals surface area contributed by atoms with Crippen LogP contribution >= 0.6 is 11.6 Å². The van der Waals surface area contributed by atoms with Crippen LogP contribution in [0.5, 0.6) is 0 Å². The molecule has 37 heavy (non-hydrogen) atoms. The zero-order valence-electron chi connectivity index (χ0n) is 20.2. The molecule has 0 saturated heterocycles. The lowest BCUT2D eigenvalue weighted by Crippen LogP contribution is -2.02. The van der Waals surface area contributed by atoms with Crippen LogP contribution in [0.3, 0.4) is 0 Å². The smallest absolute Gasteiger partial charge is 0.164 e. The summed E-state index contributed by atoms with van der Waals surface area (Å²) < 4.78 is 0. The number of allylic oxidation sites excluding steroid dienone is 4. The van der Waals surface area contributed by atoms with Gasteiger partial charge in [-0.2, -0.15) is 0 Å². The maximum absolute atomic E-state index is 6.23. The molecule has 4 aromatic carbocycles. The van der Waals surface area contributed by atoms with Gasteiger partial charge < -0.3 is 0 Å². The van der Waals surface area contributed by atoms with Crippen LogP contribution < -0.4 is 0 Å². The normalized spacial score (nSPS) is 11.2. The summed E-state index contributed by atoms with van der Waals surface area (Å²) in [6.45, 7) is 7.74. The number of nitrogens with zero attached hydrogens (tertiary/aromatic N) is 3. The lowest BCUT2D eigenvalue weighted by Gasteiger charge is -2.10. The van der Waals surface area contributed by atoms with Gasteiger partial charge in [0.05, 0.1) is 0 Å². The van der Waals surface area contributed by atoms with Crippen LogP contribution in [-0.2, 0) is 0 Å². The van der Waals surface area contributed by atoms with Gasteiger partial charge in [-0.05, 0) is 46.5 Å². The Balaban J connectivity index is 1.60. The molecule has 0 bridgehead atoms. The summed E-state index contributed by atoms with van der Waals surface area (Å²) in [5.41, 5.74) is 6.93. The number of aromatic nitrogens is 3. The maximum Gasteiger partial charge on any atom is 0.164 e. The third-order valence-electron chi connectivity index (χ3n) is 5.92. The van der Waals surface area contributed by atoms with Gasteiger partial charge >= 0.3 is 0 Å². The summed E-state index contributed by atoms with van der Waals surface area (Å²) in [6.07, 6.45) is 5.28. The summed E-state index contributed by atoms with van der Waals surface area (Å²) in [6, 6.07) is 34.4. The fourth-order valence-electron chi connectivity index (χ4n) is 4.10. The second kappa shape index (κ2) is 11.0. The first-order valence-corrected chi connectivity index (χ1v) is 12.3. The summed E-state index contributed by atoms with van der Waals surface area (Å²) in [5.74, 6) is 1.74. The second-order valence-electron chi connectivity index (χ2n) is 8.41. The van der Waals surface area contributed by atoms with E-state index in [1.165, 1.54) is 0 Å². The molecule has 0 unspecified atom stereocenters. The number of hydrogen-bond acceptors (Lipinski definition) is 3. The molecule has 0 amide bonds. The van der Waals surface area contributed by atoms with Crippen molar-refractivity contribution in [2.45, 2.75) is 0 Å². The number of rotatable bonds is 7. The van der Waals surface area contributed by atoms with E-state index in [0.29, 0.717) is 22.5 Å². The molecule has 0 fully saturated rings. The van der Waals surface area contributed by atoms with E-state index >= 15 is 0 Å². The van der Waals surface area contributed by atoms with E-state index in [0.717, 1.165) is 39.0 Å². The molecule has 0 aliphatic rings. The van der Waals surface area contributed by atoms with Crippen molar-refractivity contribution in [2.75, 3.05) is 0 Å². The SMILES string of the molecule is C=C/C=C(\C=C)c1nc(-c2ccccc2)nc(-c2cccc(-c3cccc(-c4cccc(Cl)c4)c3)c2)n1. The van der Waals surface area contributed by atoms with Crippen molar-refractivity contribution in [1.82, 2.24) is 15.0 Å². The molecule has 0 spiro atoms. The monoisotopic (exact) mass is 497 g/mol. The third kappa shape index (κ3) is 5.48. The van der Waals surface area contributed by atoms with E-state index < -0.39 is 0 Å². The van der Waals surface area contributed by atoms with E-state index in [1.807, 2.05) is 66.7 Å². The highest BCUT2D eigenvalue weighted by Crippen LogP contribution is 2.30. The van der Waals surface area contributed by atoms with Crippen molar-refractivity contribution >= 4 is 17.2 Å². The van der Waals surface area contributed by atoms with E-state index in [4.69, 9.17) is 26.6 Å². The van der Waals surface area contributed by atoms with Crippen molar-refractivity contribution in [2.24, 2.45) is 0 Å². The molecule has 1 aromatic heterocycles. The minimum atomic E-state index is 0.548. The summed E-state index contributed by atoms with van der Waals surface area (Å²) in [7, 11) is 0. The predicted molar refractivity (Wildman–Crippen MR) is 155 cm³/mol. The fourth-order valence-corrected chi connectivity index (χ4v) is 4.29. The average Bonchev–Trinajstić information content (AvgIpc) is 2.96. The number of halogens is 1. The van der Waals surface area contributed by atoms with Crippen LogP contribution in [0.15, 0.2) is 135 Å². The Hall–Kier alpha value is -4.60. The lowest BCUT2D eigenvalue weighted by atomic mass is 9.98. The van der Waals surface area contributed by atoms with Gasteiger partial charge in [0.2, 0.25) is 0 Å². The van der Waals surface area contributed by atoms with E-state index in [-0.39, 0.29) is 0 Å². The molecule has 0 saturated carbocycles. The third-order valence-corrected chi connectivity index (χ3v) is 6.15. The van der Waals surface area contributed by atoms with Crippen LogP contribution in [0, 0.1) is 0 Å². The van der Waals surface area contributed by atoms with Crippen LogP contribution in [0.4, 0.5) is 0 Å². The molecule has 0 radical (unpaired) electrons. The van der Waals surface area contributed by atoms with Crippen molar-refractivity contribution in [3.63, 3.8) is 0 Å². The highest BCUT2D eigenvalue weighted by molar-refractivity contribution is 6.30. The number of hydrogen-bond donors (Lipinski definition) is 0. The minimum Gasteiger partial charge on any atom is -0.208 e. The van der Waals surface area contributed by atoms with Gasteiger partial charge in [0.1, 0.15) is 0 Å². The molecule has 5 rings (SSSR count). The summed E-state index contributed by atoms with van der Waals surface area (Å²) in [4.78, 5) is 14.4. The molecular weight excluding hydrogens is 474 g/mol. The standard InChI is InChI=1S/C33H24ClN3/c1-3-11-23(4-2)31-35-32(24-12-6-5-7-13-24)37-33(36-31)29-18-9-16-27(21-29)25-14-8-15-26(20-25)28-17-10-19-30(34)22-28/h3-22H,1-2H2/b23-11+. The molecular formula is C33H24ClN3. The topological polar surface area (TPSA) is 38.7 Å². The second-order valence-corrected chi connectivity index (χ2v) is 8.84. The number of benzene rings is 4. The Kier molecular flexibility index (Phi) is 7.16. The van der Waals surface area contributed by atoms with Crippen molar-refractivity contribution in [1.29, 1.82) is 0 Å². The Labute approximate surface area is 222 Å². The quantitative estimate of drug-likeness (QED) is 0.211. The Morgan fingerprint density at radius 1 is 0.568 bits per heavy atom. The first-order chi connectivity index (χ1) is 18.1. The molecule has 178 valence electrons. The van der Waals surface area contributed by atoms with Gasteiger partial charge in [0.15, 0.2) is 17.5 Å². The Morgan fingerprint density at radius 2 is 1.08 bits per heavy atom. The van der Waals surface area contributed by atoms with Gasteiger partial charge in [-0.3, -0.25) is 0 Å². The zero-order chi connectivity index (χ0) is 25.6. The van der Waals surface area contributed by atoms with E-state index in [1.54, 1.807) is 12.2 Å². The fraction of sp³-hybridized carbons (Fsp3) is 0. The molecule has 0 aliphatic heterocycles. The summed E-state index contributed by atoms with van der Waals surface area (Å²) >= 11 is 6.23. The lowest BCUT2D eigenvalue weighted by molar-refractivity contribution is 1.04. The highest BCUT2D eigenvalue weighted by Gasteiger charge is 2.13. The molecule has 4 heteroatoms. The first kappa shape index (κ1) is 24.1. The van der Waals surface area contributed by atoms with Gasteiger partial charge in [0, 0.05) is 21.7 Å². The molecule has 0 aliphatic carbocycles. The van der Waals surface area contributed by atoms with E-state index in [9.17, 15) is 0 Å². The van der Waals surface area contributed by atoms with Crippen molar-refractivity contribution < 1.29 is 0 Å². The summed E-state index contributed by atoms with van der Waals surface area (Å²) in [5, 5.41) is 0.717. The average molecular weight is 498 g/mol.